The van der Waals surface area contributed by atoms with E-state index in [4.69, 9.17) is 9.47 Å². The Labute approximate surface area is 119 Å². The highest BCUT2D eigenvalue weighted by Crippen LogP contribution is 2.38. The molecule has 2 heteroatoms. The molecule has 1 heterocycles. The molecule has 20 heavy (non-hydrogen) atoms. The van der Waals surface area contributed by atoms with Crippen LogP contribution >= 0.6 is 0 Å². The van der Waals surface area contributed by atoms with E-state index in [-0.39, 0.29) is 12.2 Å². The van der Waals surface area contributed by atoms with Crippen molar-refractivity contribution in [2.24, 2.45) is 0 Å². The third-order valence-electron chi connectivity index (χ3n) is 3.17. The normalized spacial score (nSPS) is 20.0. The molecule has 0 amide bonds. The summed E-state index contributed by atoms with van der Waals surface area (Å²) >= 11 is 0. The molecule has 0 aromatic heterocycles. The molecule has 1 aliphatic heterocycles. The number of epoxide rings is 1. The Balaban J connectivity index is 1.39. The van der Waals surface area contributed by atoms with Gasteiger partial charge in [-0.25, -0.2) is 0 Å². The number of benzene rings is 2. The lowest BCUT2D eigenvalue weighted by Gasteiger charge is -1.96. The molecule has 0 radical (unpaired) electrons. The predicted molar refractivity (Wildman–Crippen MR) is 78.2 cm³/mol. The van der Waals surface area contributed by atoms with Crippen LogP contribution < -0.4 is 0 Å². The van der Waals surface area contributed by atoms with E-state index < -0.39 is 0 Å². The second kappa shape index (κ2) is 6.38. The summed E-state index contributed by atoms with van der Waals surface area (Å²) in [5.74, 6) is 6.08. The Morgan fingerprint density at radius 1 is 0.950 bits per heavy atom. The van der Waals surface area contributed by atoms with Gasteiger partial charge in [-0.15, -0.1) is 0 Å². The maximum atomic E-state index is 5.59. The Morgan fingerprint density at radius 3 is 2.40 bits per heavy atom. The second-order valence-electron chi connectivity index (χ2n) is 4.69. The standard InChI is InChI=1S/C18H16O2/c1-3-8-15(9-4-1)10-7-13-19-14-17-18(20-17)16-11-5-2-6-12-16/h1-6,8-9,11-12,17-18H,13-14H2. The molecule has 1 saturated heterocycles. The number of hydrogen-bond acceptors (Lipinski definition) is 2. The van der Waals surface area contributed by atoms with Gasteiger partial charge in [-0.1, -0.05) is 60.4 Å². The van der Waals surface area contributed by atoms with Crippen LogP contribution in [-0.4, -0.2) is 19.3 Å². The van der Waals surface area contributed by atoms with Crippen molar-refractivity contribution >= 4 is 0 Å². The number of hydrogen-bond donors (Lipinski definition) is 0. The number of rotatable bonds is 4. The Morgan fingerprint density at radius 2 is 1.65 bits per heavy atom. The molecule has 2 aromatic carbocycles. The topological polar surface area (TPSA) is 21.8 Å². The van der Waals surface area contributed by atoms with Gasteiger partial charge in [-0.3, -0.25) is 0 Å². The van der Waals surface area contributed by atoms with Crippen molar-refractivity contribution in [3.8, 4) is 11.8 Å². The summed E-state index contributed by atoms with van der Waals surface area (Å²) in [6, 6.07) is 20.2. The Bertz CT molecular complexity index is 596. The minimum absolute atomic E-state index is 0.177. The zero-order valence-corrected chi connectivity index (χ0v) is 11.2. The van der Waals surface area contributed by atoms with Crippen molar-refractivity contribution < 1.29 is 9.47 Å². The summed E-state index contributed by atoms with van der Waals surface area (Å²) in [6.07, 6.45) is 0.370. The first kappa shape index (κ1) is 12.9. The lowest BCUT2D eigenvalue weighted by Crippen LogP contribution is -2.02. The van der Waals surface area contributed by atoms with E-state index in [9.17, 15) is 0 Å². The molecule has 2 atom stereocenters. The quantitative estimate of drug-likeness (QED) is 0.480. The summed E-state index contributed by atoms with van der Waals surface area (Å²) in [5.41, 5.74) is 2.23. The summed E-state index contributed by atoms with van der Waals surface area (Å²) in [6.45, 7) is 1.04. The molecule has 0 bridgehead atoms. The van der Waals surface area contributed by atoms with Gasteiger partial charge in [0.2, 0.25) is 0 Å². The maximum absolute atomic E-state index is 5.59. The first-order valence-corrected chi connectivity index (χ1v) is 6.75. The minimum Gasteiger partial charge on any atom is -0.366 e. The van der Waals surface area contributed by atoms with Crippen molar-refractivity contribution in [3.05, 3.63) is 71.8 Å². The van der Waals surface area contributed by atoms with Crippen LogP contribution in [0.2, 0.25) is 0 Å². The van der Waals surface area contributed by atoms with Crippen LogP contribution in [0, 0.1) is 11.8 Å². The van der Waals surface area contributed by atoms with Crippen LogP contribution in [0.1, 0.15) is 17.2 Å². The van der Waals surface area contributed by atoms with Gasteiger partial charge in [-0.05, 0) is 17.7 Å². The molecule has 1 fully saturated rings. The van der Waals surface area contributed by atoms with Gasteiger partial charge in [0.1, 0.15) is 18.8 Å². The third kappa shape index (κ3) is 3.48. The molecule has 2 aromatic rings. The molecule has 3 rings (SSSR count). The Hall–Kier alpha value is -2.08. The van der Waals surface area contributed by atoms with Crippen LogP contribution in [-0.2, 0) is 9.47 Å². The fourth-order valence-electron chi connectivity index (χ4n) is 2.09. The van der Waals surface area contributed by atoms with E-state index in [0.29, 0.717) is 13.2 Å². The van der Waals surface area contributed by atoms with Gasteiger partial charge in [-0.2, -0.15) is 0 Å². The van der Waals surface area contributed by atoms with Crippen LogP contribution in [0.4, 0.5) is 0 Å². The maximum Gasteiger partial charge on any atom is 0.112 e. The average molecular weight is 264 g/mol. The zero-order chi connectivity index (χ0) is 13.6. The minimum atomic E-state index is 0.177. The first-order valence-electron chi connectivity index (χ1n) is 6.75. The lowest BCUT2D eigenvalue weighted by atomic mass is 10.1. The molecule has 1 aliphatic rings. The smallest absolute Gasteiger partial charge is 0.112 e. The zero-order valence-electron chi connectivity index (χ0n) is 11.2. The Kier molecular flexibility index (Phi) is 4.13. The van der Waals surface area contributed by atoms with E-state index in [1.54, 1.807) is 0 Å². The first-order chi connectivity index (χ1) is 9.93. The van der Waals surface area contributed by atoms with Crippen molar-refractivity contribution in [1.82, 2.24) is 0 Å². The highest BCUT2D eigenvalue weighted by Gasteiger charge is 2.39. The van der Waals surface area contributed by atoms with E-state index in [0.717, 1.165) is 5.56 Å². The fraction of sp³-hybridized carbons (Fsp3) is 0.222. The van der Waals surface area contributed by atoms with E-state index >= 15 is 0 Å². The number of ether oxygens (including phenoxy) is 2. The predicted octanol–water partition coefficient (Wildman–Crippen LogP) is 3.19. The van der Waals surface area contributed by atoms with Gasteiger partial charge in [0, 0.05) is 5.56 Å². The van der Waals surface area contributed by atoms with Crippen molar-refractivity contribution in [2.75, 3.05) is 13.2 Å². The van der Waals surface area contributed by atoms with Crippen molar-refractivity contribution in [1.29, 1.82) is 0 Å². The van der Waals surface area contributed by atoms with Gasteiger partial charge in [0.25, 0.3) is 0 Å². The summed E-state index contributed by atoms with van der Waals surface area (Å²) < 4.78 is 11.1. The molecule has 0 spiro atoms. The van der Waals surface area contributed by atoms with Crippen molar-refractivity contribution in [3.63, 3.8) is 0 Å². The lowest BCUT2D eigenvalue weighted by molar-refractivity contribution is 0.145. The summed E-state index contributed by atoms with van der Waals surface area (Å²) in [4.78, 5) is 0. The fourth-order valence-corrected chi connectivity index (χ4v) is 2.09. The SMILES string of the molecule is C(#Cc1ccccc1)COCC1OC1c1ccccc1. The van der Waals surface area contributed by atoms with Gasteiger partial charge in [0.05, 0.1) is 6.61 Å². The van der Waals surface area contributed by atoms with Crippen LogP contribution in [0.25, 0.3) is 0 Å². The summed E-state index contributed by atoms with van der Waals surface area (Å²) in [5, 5.41) is 0. The van der Waals surface area contributed by atoms with Gasteiger partial charge >= 0.3 is 0 Å². The van der Waals surface area contributed by atoms with E-state index in [1.807, 2.05) is 48.5 Å². The molecule has 2 nitrogen and oxygen atoms in total. The third-order valence-corrected chi connectivity index (χ3v) is 3.17. The van der Waals surface area contributed by atoms with Crippen LogP contribution in [0.5, 0.6) is 0 Å². The largest absolute Gasteiger partial charge is 0.366 e. The molecule has 0 saturated carbocycles. The highest BCUT2D eigenvalue weighted by atomic mass is 16.6. The molecule has 0 N–H and O–H groups in total. The second-order valence-corrected chi connectivity index (χ2v) is 4.69. The molecular formula is C18H16O2. The monoisotopic (exact) mass is 264 g/mol. The van der Waals surface area contributed by atoms with E-state index in [1.165, 1.54) is 5.56 Å². The van der Waals surface area contributed by atoms with Crippen molar-refractivity contribution in [2.45, 2.75) is 12.2 Å². The van der Waals surface area contributed by atoms with Gasteiger partial charge < -0.3 is 9.47 Å². The van der Waals surface area contributed by atoms with Gasteiger partial charge in [0.15, 0.2) is 0 Å². The van der Waals surface area contributed by atoms with E-state index in [2.05, 4.69) is 24.0 Å². The summed E-state index contributed by atoms with van der Waals surface area (Å²) in [7, 11) is 0. The molecular weight excluding hydrogens is 248 g/mol. The average Bonchev–Trinajstić information content (AvgIpc) is 3.28. The molecule has 0 aliphatic carbocycles. The molecule has 2 unspecified atom stereocenters. The van der Waals surface area contributed by atoms with Crippen LogP contribution in [0.15, 0.2) is 60.7 Å². The van der Waals surface area contributed by atoms with Crippen LogP contribution in [0.3, 0.4) is 0 Å². The molecule has 100 valence electrons. The highest BCUT2D eigenvalue weighted by molar-refractivity contribution is 5.33.